The summed E-state index contributed by atoms with van der Waals surface area (Å²) in [6.07, 6.45) is 3.55. The number of nitrogens with one attached hydrogen (secondary N) is 1. The van der Waals surface area contributed by atoms with E-state index in [1.54, 1.807) is 12.4 Å². The molecule has 1 heterocycles. The first-order chi connectivity index (χ1) is 6.91. The van der Waals surface area contributed by atoms with Crippen LogP contribution in [0, 0.1) is 12.3 Å². The standard InChI is InChI=1S/C12H18N2O/c1-9-7-13-6-5-10(9)8-14-11(15)12(2,3)4/h5-7H,8H2,1-4H3,(H,14,15). The van der Waals surface area contributed by atoms with Gasteiger partial charge in [-0.1, -0.05) is 20.8 Å². The molecule has 0 fully saturated rings. The first kappa shape index (κ1) is 11.7. The zero-order valence-electron chi connectivity index (χ0n) is 9.79. The number of carbonyl (C=O) groups excluding carboxylic acids is 1. The van der Waals surface area contributed by atoms with Crippen LogP contribution in [0.5, 0.6) is 0 Å². The van der Waals surface area contributed by atoms with Gasteiger partial charge in [-0.3, -0.25) is 9.78 Å². The van der Waals surface area contributed by atoms with Gasteiger partial charge in [-0.25, -0.2) is 0 Å². The molecule has 3 heteroatoms. The third-order valence-corrected chi connectivity index (χ3v) is 2.26. The number of amides is 1. The molecule has 0 radical (unpaired) electrons. The zero-order chi connectivity index (χ0) is 11.5. The Bertz CT molecular complexity index is 353. The molecule has 15 heavy (non-hydrogen) atoms. The smallest absolute Gasteiger partial charge is 0.225 e. The lowest BCUT2D eigenvalue weighted by Gasteiger charge is -2.18. The average Bonchev–Trinajstić information content (AvgIpc) is 2.14. The van der Waals surface area contributed by atoms with Gasteiger partial charge < -0.3 is 5.32 Å². The summed E-state index contributed by atoms with van der Waals surface area (Å²) in [5.41, 5.74) is 1.88. The Morgan fingerprint density at radius 3 is 2.67 bits per heavy atom. The van der Waals surface area contributed by atoms with E-state index in [9.17, 15) is 4.79 Å². The number of nitrogens with zero attached hydrogens (tertiary/aromatic N) is 1. The van der Waals surface area contributed by atoms with Crippen molar-refractivity contribution in [3.8, 4) is 0 Å². The van der Waals surface area contributed by atoms with Gasteiger partial charge in [0.2, 0.25) is 5.91 Å². The number of pyridine rings is 1. The summed E-state index contributed by atoms with van der Waals surface area (Å²) >= 11 is 0. The maximum Gasteiger partial charge on any atom is 0.225 e. The van der Waals surface area contributed by atoms with Gasteiger partial charge in [0.25, 0.3) is 0 Å². The maximum absolute atomic E-state index is 11.6. The molecule has 1 aromatic heterocycles. The highest BCUT2D eigenvalue weighted by molar-refractivity contribution is 5.81. The van der Waals surface area contributed by atoms with Crippen molar-refractivity contribution in [2.24, 2.45) is 5.41 Å². The maximum atomic E-state index is 11.6. The minimum Gasteiger partial charge on any atom is -0.352 e. The molecular weight excluding hydrogens is 188 g/mol. The molecule has 1 amide bonds. The molecule has 0 unspecified atom stereocenters. The number of hydrogen-bond acceptors (Lipinski definition) is 2. The Hall–Kier alpha value is -1.38. The third-order valence-electron chi connectivity index (χ3n) is 2.26. The fourth-order valence-corrected chi connectivity index (χ4v) is 1.14. The van der Waals surface area contributed by atoms with Crippen LogP contribution in [0.3, 0.4) is 0 Å². The molecule has 0 aliphatic heterocycles. The molecule has 0 atom stereocenters. The van der Waals surface area contributed by atoms with Gasteiger partial charge >= 0.3 is 0 Å². The van der Waals surface area contributed by atoms with E-state index in [4.69, 9.17) is 0 Å². The number of aromatic nitrogens is 1. The fourth-order valence-electron chi connectivity index (χ4n) is 1.14. The predicted octanol–water partition coefficient (Wildman–Crippen LogP) is 2.05. The Labute approximate surface area is 90.9 Å². The highest BCUT2D eigenvalue weighted by atomic mass is 16.2. The molecule has 1 aromatic rings. The van der Waals surface area contributed by atoms with Crippen molar-refractivity contribution in [1.82, 2.24) is 10.3 Å². The van der Waals surface area contributed by atoms with Crippen molar-refractivity contribution in [1.29, 1.82) is 0 Å². The van der Waals surface area contributed by atoms with E-state index in [0.29, 0.717) is 6.54 Å². The van der Waals surface area contributed by atoms with Gasteiger partial charge in [0.05, 0.1) is 0 Å². The summed E-state index contributed by atoms with van der Waals surface area (Å²) in [6, 6.07) is 1.93. The van der Waals surface area contributed by atoms with Crippen molar-refractivity contribution in [2.45, 2.75) is 34.2 Å². The van der Waals surface area contributed by atoms with E-state index in [0.717, 1.165) is 11.1 Å². The molecule has 0 saturated carbocycles. The zero-order valence-corrected chi connectivity index (χ0v) is 9.79. The fraction of sp³-hybridized carbons (Fsp3) is 0.500. The molecule has 0 bridgehead atoms. The molecule has 3 nitrogen and oxygen atoms in total. The van der Waals surface area contributed by atoms with E-state index >= 15 is 0 Å². The highest BCUT2D eigenvalue weighted by Gasteiger charge is 2.20. The van der Waals surface area contributed by atoms with E-state index in [2.05, 4.69) is 10.3 Å². The molecule has 82 valence electrons. The van der Waals surface area contributed by atoms with Crippen LogP contribution in [0.25, 0.3) is 0 Å². The molecule has 0 aliphatic carbocycles. The predicted molar refractivity (Wildman–Crippen MR) is 60.3 cm³/mol. The highest BCUT2D eigenvalue weighted by Crippen LogP contribution is 2.13. The lowest BCUT2D eigenvalue weighted by Crippen LogP contribution is -2.34. The summed E-state index contributed by atoms with van der Waals surface area (Å²) in [4.78, 5) is 15.6. The Morgan fingerprint density at radius 1 is 1.47 bits per heavy atom. The van der Waals surface area contributed by atoms with Crippen LogP contribution in [0.1, 0.15) is 31.9 Å². The van der Waals surface area contributed by atoms with Crippen LogP contribution in [0.4, 0.5) is 0 Å². The minimum atomic E-state index is -0.332. The summed E-state index contributed by atoms with van der Waals surface area (Å²) in [7, 11) is 0. The van der Waals surface area contributed by atoms with Crippen LogP contribution >= 0.6 is 0 Å². The van der Waals surface area contributed by atoms with Crippen LogP contribution in [-0.2, 0) is 11.3 Å². The number of rotatable bonds is 2. The van der Waals surface area contributed by atoms with Gasteiger partial charge in [-0.2, -0.15) is 0 Å². The van der Waals surface area contributed by atoms with Gasteiger partial charge in [-0.05, 0) is 24.1 Å². The Kier molecular flexibility index (Phi) is 3.45. The molecule has 0 aromatic carbocycles. The van der Waals surface area contributed by atoms with E-state index in [1.807, 2.05) is 33.8 Å². The average molecular weight is 206 g/mol. The second-order valence-corrected chi connectivity index (χ2v) is 4.73. The van der Waals surface area contributed by atoms with E-state index < -0.39 is 0 Å². The topological polar surface area (TPSA) is 42.0 Å². The molecule has 1 rings (SSSR count). The number of aryl methyl sites for hydroxylation is 1. The Morgan fingerprint density at radius 2 is 2.13 bits per heavy atom. The van der Waals surface area contributed by atoms with Gasteiger partial charge in [-0.15, -0.1) is 0 Å². The number of carbonyl (C=O) groups is 1. The van der Waals surface area contributed by atoms with Gasteiger partial charge in [0.15, 0.2) is 0 Å². The summed E-state index contributed by atoms with van der Waals surface area (Å²) in [5, 5.41) is 2.91. The largest absolute Gasteiger partial charge is 0.352 e. The van der Waals surface area contributed by atoms with Crippen LogP contribution in [0.2, 0.25) is 0 Å². The first-order valence-corrected chi connectivity index (χ1v) is 5.09. The summed E-state index contributed by atoms with van der Waals surface area (Å²) in [6.45, 7) is 8.28. The lowest BCUT2D eigenvalue weighted by atomic mass is 9.95. The first-order valence-electron chi connectivity index (χ1n) is 5.09. The molecule has 1 N–H and O–H groups in total. The molecule has 0 spiro atoms. The monoisotopic (exact) mass is 206 g/mol. The molecule has 0 saturated heterocycles. The normalized spacial score (nSPS) is 11.2. The molecular formula is C12H18N2O. The van der Waals surface area contributed by atoms with E-state index in [-0.39, 0.29) is 11.3 Å². The third kappa shape index (κ3) is 3.35. The SMILES string of the molecule is Cc1cnccc1CNC(=O)C(C)(C)C. The summed E-state index contributed by atoms with van der Waals surface area (Å²) < 4.78 is 0. The van der Waals surface area contributed by atoms with Crippen LogP contribution in [0.15, 0.2) is 18.5 Å². The Balaban J connectivity index is 2.59. The van der Waals surface area contributed by atoms with Crippen molar-refractivity contribution in [3.63, 3.8) is 0 Å². The van der Waals surface area contributed by atoms with E-state index in [1.165, 1.54) is 0 Å². The van der Waals surface area contributed by atoms with Crippen molar-refractivity contribution < 1.29 is 4.79 Å². The minimum absolute atomic E-state index is 0.0683. The second kappa shape index (κ2) is 4.43. The second-order valence-electron chi connectivity index (χ2n) is 4.73. The van der Waals surface area contributed by atoms with Crippen molar-refractivity contribution in [2.75, 3.05) is 0 Å². The van der Waals surface area contributed by atoms with Gasteiger partial charge in [0, 0.05) is 24.4 Å². The lowest BCUT2D eigenvalue weighted by molar-refractivity contribution is -0.128. The molecule has 0 aliphatic rings. The summed E-state index contributed by atoms with van der Waals surface area (Å²) in [5.74, 6) is 0.0683. The quantitative estimate of drug-likeness (QED) is 0.804. The number of hydrogen-bond donors (Lipinski definition) is 1. The van der Waals surface area contributed by atoms with Crippen molar-refractivity contribution in [3.05, 3.63) is 29.6 Å². The van der Waals surface area contributed by atoms with Gasteiger partial charge in [0.1, 0.15) is 0 Å². The van der Waals surface area contributed by atoms with Crippen LogP contribution < -0.4 is 5.32 Å². The van der Waals surface area contributed by atoms with Crippen LogP contribution in [-0.4, -0.2) is 10.9 Å². The van der Waals surface area contributed by atoms with Crippen molar-refractivity contribution >= 4 is 5.91 Å².